The number of hydrogen-bond acceptors (Lipinski definition) is 4. The maximum atomic E-state index is 5.99. The van der Waals surface area contributed by atoms with E-state index in [1.165, 1.54) is 0 Å². The van der Waals surface area contributed by atoms with Crippen LogP contribution in [0.2, 0.25) is 5.02 Å². The van der Waals surface area contributed by atoms with E-state index in [0.29, 0.717) is 10.9 Å². The molecule has 23 heavy (non-hydrogen) atoms. The smallest absolute Gasteiger partial charge is 0.162 e. The fourth-order valence-electron chi connectivity index (χ4n) is 2.34. The van der Waals surface area contributed by atoms with Gasteiger partial charge in [0.25, 0.3) is 0 Å². The van der Waals surface area contributed by atoms with E-state index < -0.39 is 0 Å². The molecule has 1 N–H and O–H groups in total. The zero-order valence-electron chi connectivity index (χ0n) is 12.0. The normalized spacial score (nSPS) is 13.4. The lowest BCUT2D eigenvalue weighted by Crippen LogP contribution is -2.13. The number of fused-ring (bicyclic) bond motifs is 1. The minimum Gasteiger partial charge on any atom is -0.337 e. The molecule has 112 valence electrons. The molecule has 0 aliphatic carbocycles. The number of nitrogens with zero attached hydrogens (tertiary/aromatic N) is 2. The van der Waals surface area contributed by atoms with E-state index in [4.69, 9.17) is 21.6 Å². The first-order valence-electron chi connectivity index (χ1n) is 7.13. The van der Waals surface area contributed by atoms with Crippen molar-refractivity contribution in [3.63, 3.8) is 0 Å². The van der Waals surface area contributed by atoms with Crippen molar-refractivity contribution in [2.24, 2.45) is 9.98 Å². The molecule has 0 fully saturated rings. The molecule has 0 radical (unpaired) electrons. The Morgan fingerprint density at radius 2 is 1.70 bits per heavy atom. The van der Waals surface area contributed by atoms with Crippen LogP contribution in [0.15, 0.2) is 76.0 Å². The fourth-order valence-corrected chi connectivity index (χ4v) is 3.13. The van der Waals surface area contributed by atoms with Gasteiger partial charge < -0.3 is 5.32 Å². The van der Waals surface area contributed by atoms with E-state index >= 15 is 0 Å². The summed E-state index contributed by atoms with van der Waals surface area (Å²) < 4.78 is 0. The average molecular weight is 338 g/mol. The number of para-hydroxylation sites is 2. The Kier molecular flexibility index (Phi) is 3.69. The van der Waals surface area contributed by atoms with Crippen LogP contribution < -0.4 is 5.32 Å². The molecule has 4 rings (SSSR count). The molecule has 0 saturated heterocycles. The molecule has 0 atom stereocenters. The second-order valence-electron chi connectivity index (χ2n) is 5.02. The summed E-state index contributed by atoms with van der Waals surface area (Å²) in [5.74, 6) is 1.47. The van der Waals surface area contributed by atoms with Crippen LogP contribution in [0.5, 0.6) is 0 Å². The van der Waals surface area contributed by atoms with Crippen LogP contribution in [0.25, 0.3) is 0 Å². The number of nitrogens with one attached hydrogen (secondary N) is 1. The number of thiophene rings is 1. The Balaban J connectivity index is 1.88. The molecule has 1 aliphatic rings. The molecule has 2 aromatic carbocycles. The van der Waals surface area contributed by atoms with Crippen molar-refractivity contribution in [2.45, 2.75) is 0 Å². The predicted molar refractivity (Wildman–Crippen MR) is 98.6 cm³/mol. The van der Waals surface area contributed by atoms with Crippen molar-refractivity contribution < 1.29 is 0 Å². The van der Waals surface area contributed by atoms with E-state index in [9.17, 15) is 0 Å². The zero-order chi connectivity index (χ0) is 15.6. The standard InChI is InChI=1S/C18H12ClN3S/c19-13-9-7-12(8-10-13)17-20-14-4-1-2-5-15(14)21-18(22-17)16-6-3-11-23-16/h1-11H,(H,20,21,22). The van der Waals surface area contributed by atoms with Gasteiger partial charge in [0.15, 0.2) is 5.84 Å². The summed E-state index contributed by atoms with van der Waals surface area (Å²) in [5.41, 5.74) is 2.75. The van der Waals surface area contributed by atoms with Crippen molar-refractivity contribution >= 4 is 46.0 Å². The van der Waals surface area contributed by atoms with Gasteiger partial charge in [-0.15, -0.1) is 11.3 Å². The van der Waals surface area contributed by atoms with Gasteiger partial charge >= 0.3 is 0 Å². The summed E-state index contributed by atoms with van der Waals surface area (Å²) in [6, 6.07) is 19.6. The summed E-state index contributed by atoms with van der Waals surface area (Å²) in [6.45, 7) is 0. The van der Waals surface area contributed by atoms with Crippen LogP contribution in [-0.2, 0) is 0 Å². The van der Waals surface area contributed by atoms with Crippen LogP contribution in [0.4, 0.5) is 11.4 Å². The number of rotatable bonds is 2. The fraction of sp³-hybridized carbons (Fsp3) is 0. The Labute approximate surface area is 143 Å². The highest BCUT2D eigenvalue weighted by Crippen LogP contribution is 2.29. The second-order valence-corrected chi connectivity index (χ2v) is 6.41. The molecular weight excluding hydrogens is 326 g/mol. The summed E-state index contributed by atoms with van der Waals surface area (Å²) in [7, 11) is 0. The van der Waals surface area contributed by atoms with Crippen LogP contribution in [-0.4, -0.2) is 11.7 Å². The molecule has 1 aliphatic heterocycles. The van der Waals surface area contributed by atoms with E-state index in [-0.39, 0.29) is 0 Å². The lowest BCUT2D eigenvalue weighted by molar-refractivity contribution is 1.47. The summed E-state index contributed by atoms with van der Waals surface area (Å²) in [4.78, 5) is 10.6. The minimum absolute atomic E-state index is 0.669. The average Bonchev–Trinajstić information content (AvgIpc) is 3.03. The number of amidine groups is 2. The van der Waals surface area contributed by atoms with Crippen LogP contribution in [0.1, 0.15) is 10.4 Å². The van der Waals surface area contributed by atoms with Gasteiger partial charge in [-0.05, 0) is 47.8 Å². The first-order chi connectivity index (χ1) is 11.3. The highest BCUT2D eigenvalue weighted by Gasteiger charge is 2.15. The molecule has 1 aromatic heterocycles. The number of benzene rings is 2. The lowest BCUT2D eigenvalue weighted by Gasteiger charge is -2.07. The Hall–Kier alpha value is -2.43. The van der Waals surface area contributed by atoms with Crippen molar-refractivity contribution in [1.82, 2.24) is 0 Å². The number of aliphatic imine (C=N–C) groups is 2. The number of anilines is 1. The van der Waals surface area contributed by atoms with Crippen LogP contribution in [0.3, 0.4) is 0 Å². The molecule has 3 aromatic rings. The van der Waals surface area contributed by atoms with Gasteiger partial charge in [0.05, 0.1) is 16.3 Å². The van der Waals surface area contributed by atoms with Gasteiger partial charge in [-0.3, -0.25) is 0 Å². The summed E-state index contributed by atoms with van der Waals surface area (Å²) in [5, 5.41) is 6.13. The molecule has 0 unspecified atom stereocenters. The lowest BCUT2D eigenvalue weighted by atomic mass is 10.2. The first kappa shape index (κ1) is 14.2. The number of halogens is 1. The van der Waals surface area contributed by atoms with Gasteiger partial charge in [0.1, 0.15) is 5.84 Å². The van der Waals surface area contributed by atoms with E-state index in [1.807, 2.05) is 66.0 Å². The van der Waals surface area contributed by atoms with Crippen molar-refractivity contribution in [3.8, 4) is 0 Å². The molecule has 5 heteroatoms. The summed E-state index contributed by atoms with van der Waals surface area (Å²) in [6.07, 6.45) is 0. The van der Waals surface area contributed by atoms with Gasteiger partial charge in [0, 0.05) is 10.6 Å². The van der Waals surface area contributed by atoms with Crippen LogP contribution in [0, 0.1) is 0 Å². The maximum Gasteiger partial charge on any atom is 0.162 e. The Bertz CT molecular complexity index is 896. The van der Waals surface area contributed by atoms with Crippen molar-refractivity contribution in [2.75, 3.05) is 5.32 Å². The van der Waals surface area contributed by atoms with E-state index in [0.717, 1.165) is 27.7 Å². The van der Waals surface area contributed by atoms with Gasteiger partial charge in [-0.2, -0.15) is 0 Å². The molecule has 0 amide bonds. The monoisotopic (exact) mass is 337 g/mol. The van der Waals surface area contributed by atoms with E-state index in [1.54, 1.807) is 11.3 Å². The highest BCUT2D eigenvalue weighted by molar-refractivity contribution is 7.12. The van der Waals surface area contributed by atoms with Gasteiger partial charge in [-0.25, -0.2) is 9.98 Å². The first-order valence-corrected chi connectivity index (χ1v) is 8.38. The van der Waals surface area contributed by atoms with Gasteiger partial charge in [0.2, 0.25) is 0 Å². The molecule has 3 nitrogen and oxygen atoms in total. The predicted octanol–water partition coefficient (Wildman–Crippen LogP) is 5.35. The van der Waals surface area contributed by atoms with Crippen molar-refractivity contribution in [1.29, 1.82) is 0 Å². The number of hydrogen-bond donors (Lipinski definition) is 1. The Morgan fingerprint density at radius 1 is 0.870 bits per heavy atom. The third-order valence-corrected chi connectivity index (χ3v) is 4.59. The third-order valence-electron chi connectivity index (χ3n) is 3.46. The molecule has 0 bridgehead atoms. The highest BCUT2D eigenvalue weighted by atomic mass is 35.5. The second kappa shape index (κ2) is 5.99. The van der Waals surface area contributed by atoms with Gasteiger partial charge in [-0.1, -0.05) is 29.8 Å². The maximum absolute atomic E-state index is 5.99. The van der Waals surface area contributed by atoms with E-state index in [2.05, 4.69) is 5.32 Å². The molecule has 0 spiro atoms. The largest absolute Gasteiger partial charge is 0.337 e. The SMILES string of the molecule is Clc1ccc(C2=Nc3ccccc3NC(c3cccs3)=N2)cc1. The third kappa shape index (κ3) is 2.91. The topological polar surface area (TPSA) is 36.8 Å². The summed E-state index contributed by atoms with van der Waals surface area (Å²) >= 11 is 7.63. The quantitative estimate of drug-likeness (QED) is 0.672. The van der Waals surface area contributed by atoms with Crippen LogP contribution >= 0.6 is 22.9 Å². The van der Waals surface area contributed by atoms with Crippen molar-refractivity contribution in [3.05, 3.63) is 81.5 Å². The minimum atomic E-state index is 0.669. The molecule has 0 saturated carbocycles. The Morgan fingerprint density at radius 3 is 2.48 bits per heavy atom. The zero-order valence-corrected chi connectivity index (χ0v) is 13.6. The molecular formula is C18H12ClN3S. The molecule has 2 heterocycles.